The normalized spacial score (nSPS) is 16.7. The number of anilines is 1. The quantitative estimate of drug-likeness (QED) is 0.211. The third kappa shape index (κ3) is 4.81. The maximum Gasteiger partial charge on any atom is 0.300 e. The van der Waals surface area contributed by atoms with Crippen LogP contribution in [0.15, 0.2) is 64.6 Å². The molecule has 0 bridgehead atoms. The Labute approximate surface area is 224 Å². The molecule has 1 unspecified atom stereocenters. The van der Waals surface area contributed by atoms with Gasteiger partial charge in [-0.1, -0.05) is 12.1 Å². The van der Waals surface area contributed by atoms with Crippen molar-refractivity contribution in [2.45, 2.75) is 26.8 Å². The fourth-order valence-corrected chi connectivity index (χ4v) is 4.93. The first-order valence-electron chi connectivity index (χ1n) is 11.7. The zero-order valence-corrected chi connectivity index (χ0v) is 22.9. The van der Waals surface area contributed by atoms with Gasteiger partial charge in [-0.05, 0) is 95.9 Å². The minimum atomic E-state index is -0.895. The Morgan fingerprint density at radius 1 is 0.919 bits per heavy atom. The van der Waals surface area contributed by atoms with Crippen LogP contribution in [0.5, 0.6) is 17.2 Å². The molecule has 0 aliphatic carbocycles. The van der Waals surface area contributed by atoms with Gasteiger partial charge in [0.15, 0.2) is 11.5 Å². The van der Waals surface area contributed by atoms with Crippen molar-refractivity contribution in [3.8, 4) is 17.2 Å². The number of nitrogens with zero attached hydrogens (tertiary/aromatic N) is 1. The first-order chi connectivity index (χ1) is 17.7. The van der Waals surface area contributed by atoms with Gasteiger partial charge in [0.1, 0.15) is 11.5 Å². The van der Waals surface area contributed by atoms with Crippen molar-refractivity contribution >= 4 is 39.1 Å². The highest BCUT2D eigenvalue weighted by Crippen LogP contribution is 2.45. The van der Waals surface area contributed by atoms with Gasteiger partial charge in [-0.25, -0.2) is 0 Å². The molecule has 0 spiro atoms. The van der Waals surface area contributed by atoms with E-state index in [1.165, 1.54) is 12.0 Å². The van der Waals surface area contributed by atoms with E-state index in [0.717, 1.165) is 11.1 Å². The molecular formula is C29H28BrNO6. The molecule has 3 aromatic carbocycles. The van der Waals surface area contributed by atoms with Gasteiger partial charge in [-0.2, -0.15) is 0 Å². The fourth-order valence-electron chi connectivity index (χ4n) is 4.39. The Morgan fingerprint density at radius 3 is 2.24 bits per heavy atom. The number of ether oxygens (including phenoxy) is 3. The number of rotatable bonds is 7. The standard InChI is InChI=1S/C29H28BrNO6/c1-6-37-24-15-18(8-12-23(24)36-5)26-25(27(32)19-9-11-22(35-4)21(30)14-19)28(33)29(34)31(26)20-10-7-16(2)17(3)13-20/h7-15,26,32H,6H2,1-5H3/b27-25+. The van der Waals surface area contributed by atoms with Crippen LogP contribution in [0.2, 0.25) is 0 Å². The Hall–Kier alpha value is -3.78. The average molecular weight is 566 g/mol. The van der Waals surface area contributed by atoms with Crippen molar-refractivity contribution in [1.29, 1.82) is 0 Å². The summed E-state index contributed by atoms with van der Waals surface area (Å²) in [5.74, 6) is -0.224. The Bertz CT molecular complexity index is 1410. The van der Waals surface area contributed by atoms with Gasteiger partial charge in [-0.15, -0.1) is 0 Å². The molecule has 1 heterocycles. The number of carbonyl (C=O) groups excluding carboxylic acids is 2. The topological polar surface area (TPSA) is 85.3 Å². The summed E-state index contributed by atoms with van der Waals surface area (Å²) >= 11 is 3.43. The molecule has 0 aromatic heterocycles. The van der Waals surface area contributed by atoms with Crippen molar-refractivity contribution in [2.75, 3.05) is 25.7 Å². The van der Waals surface area contributed by atoms with Gasteiger partial charge in [-0.3, -0.25) is 14.5 Å². The average Bonchev–Trinajstić information content (AvgIpc) is 3.15. The van der Waals surface area contributed by atoms with E-state index in [-0.39, 0.29) is 11.3 Å². The molecule has 1 atom stereocenters. The minimum absolute atomic E-state index is 0.0205. The van der Waals surface area contributed by atoms with Crippen LogP contribution in [0.25, 0.3) is 5.76 Å². The van der Waals surface area contributed by atoms with E-state index >= 15 is 0 Å². The predicted octanol–water partition coefficient (Wildman–Crippen LogP) is 6.11. The lowest BCUT2D eigenvalue weighted by Gasteiger charge is -2.26. The van der Waals surface area contributed by atoms with E-state index in [4.69, 9.17) is 14.2 Å². The SMILES string of the molecule is CCOc1cc(C2/C(=C(\O)c3ccc(OC)c(Br)c3)C(=O)C(=O)N2c2ccc(C)c(C)c2)ccc1OC. The highest BCUT2D eigenvalue weighted by molar-refractivity contribution is 9.10. The smallest absolute Gasteiger partial charge is 0.300 e. The Balaban J connectivity index is 1.97. The number of amides is 1. The predicted molar refractivity (Wildman–Crippen MR) is 146 cm³/mol. The van der Waals surface area contributed by atoms with E-state index < -0.39 is 17.7 Å². The second kappa shape index (κ2) is 10.7. The van der Waals surface area contributed by atoms with E-state index in [9.17, 15) is 14.7 Å². The van der Waals surface area contributed by atoms with Crippen LogP contribution in [-0.4, -0.2) is 37.6 Å². The largest absolute Gasteiger partial charge is 0.507 e. The highest BCUT2D eigenvalue weighted by atomic mass is 79.9. The second-order valence-corrected chi connectivity index (χ2v) is 9.48. The van der Waals surface area contributed by atoms with E-state index in [1.54, 1.807) is 49.6 Å². The lowest BCUT2D eigenvalue weighted by Crippen LogP contribution is -2.29. The van der Waals surface area contributed by atoms with E-state index in [2.05, 4.69) is 15.9 Å². The first-order valence-corrected chi connectivity index (χ1v) is 12.5. The summed E-state index contributed by atoms with van der Waals surface area (Å²) in [5.41, 5.74) is 3.53. The molecule has 3 aromatic rings. The number of methoxy groups -OCH3 is 2. The molecule has 7 nitrogen and oxygen atoms in total. The number of carbonyl (C=O) groups is 2. The number of benzene rings is 3. The highest BCUT2D eigenvalue weighted by Gasteiger charge is 2.47. The number of halogens is 1. The van der Waals surface area contributed by atoms with Gasteiger partial charge in [0.2, 0.25) is 0 Å². The second-order valence-electron chi connectivity index (χ2n) is 8.63. The molecule has 1 aliphatic rings. The molecule has 1 fully saturated rings. The van der Waals surface area contributed by atoms with Gasteiger partial charge in [0.05, 0.1) is 36.9 Å². The lowest BCUT2D eigenvalue weighted by atomic mass is 9.94. The molecule has 1 N–H and O–H groups in total. The third-order valence-corrected chi connectivity index (χ3v) is 7.06. The Morgan fingerprint density at radius 2 is 1.62 bits per heavy atom. The van der Waals surface area contributed by atoms with Gasteiger partial charge in [0.25, 0.3) is 11.7 Å². The van der Waals surface area contributed by atoms with Crippen molar-refractivity contribution in [1.82, 2.24) is 0 Å². The number of hydrogen-bond donors (Lipinski definition) is 1. The van der Waals surface area contributed by atoms with Crippen molar-refractivity contribution < 1.29 is 28.9 Å². The van der Waals surface area contributed by atoms with Crippen molar-refractivity contribution in [2.24, 2.45) is 0 Å². The number of ketones is 1. The molecule has 8 heteroatoms. The van der Waals surface area contributed by atoms with Crippen LogP contribution in [0, 0.1) is 13.8 Å². The van der Waals surface area contributed by atoms with E-state index in [0.29, 0.717) is 45.1 Å². The zero-order chi connectivity index (χ0) is 26.9. The molecule has 0 saturated carbocycles. The summed E-state index contributed by atoms with van der Waals surface area (Å²) in [6, 6.07) is 14.9. The van der Waals surface area contributed by atoms with Gasteiger partial charge in [0, 0.05) is 11.3 Å². The molecule has 0 radical (unpaired) electrons. The number of hydrogen-bond acceptors (Lipinski definition) is 6. The number of aliphatic hydroxyl groups is 1. The summed E-state index contributed by atoms with van der Waals surface area (Å²) < 4.78 is 17.1. The van der Waals surface area contributed by atoms with Crippen LogP contribution < -0.4 is 19.1 Å². The van der Waals surface area contributed by atoms with Crippen LogP contribution in [0.4, 0.5) is 5.69 Å². The fraction of sp³-hybridized carbons (Fsp3) is 0.241. The Kier molecular flexibility index (Phi) is 7.59. The maximum absolute atomic E-state index is 13.5. The zero-order valence-electron chi connectivity index (χ0n) is 21.3. The van der Waals surface area contributed by atoms with Gasteiger partial charge < -0.3 is 19.3 Å². The minimum Gasteiger partial charge on any atom is -0.507 e. The molecular weight excluding hydrogens is 538 g/mol. The van der Waals surface area contributed by atoms with Crippen LogP contribution in [0.1, 0.15) is 35.2 Å². The summed E-state index contributed by atoms with van der Waals surface area (Å²) in [6.07, 6.45) is 0. The number of aliphatic hydroxyl groups excluding tert-OH is 1. The van der Waals surface area contributed by atoms with Gasteiger partial charge >= 0.3 is 0 Å². The molecule has 37 heavy (non-hydrogen) atoms. The first kappa shape index (κ1) is 26.3. The van der Waals surface area contributed by atoms with Crippen LogP contribution in [0.3, 0.4) is 0 Å². The molecule has 1 aliphatic heterocycles. The summed E-state index contributed by atoms with van der Waals surface area (Å²) in [6.45, 7) is 6.18. The van der Waals surface area contributed by atoms with E-state index in [1.807, 2.05) is 32.9 Å². The maximum atomic E-state index is 13.5. The third-order valence-electron chi connectivity index (χ3n) is 6.44. The number of Topliss-reactive ketones (excluding diaryl/α,β-unsaturated/α-hetero) is 1. The summed E-state index contributed by atoms with van der Waals surface area (Å²) in [4.78, 5) is 28.4. The monoisotopic (exact) mass is 565 g/mol. The molecule has 1 amide bonds. The molecule has 1 saturated heterocycles. The summed E-state index contributed by atoms with van der Waals surface area (Å²) in [5, 5.41) is 11.4. The lowest BCUT2D eigenvalue weighted by molar-refractivity contribution is -0.132. The summed E-state index contributed by atoms with van der Waals surface area (Å²) in [7, 11) is 3.08. The van der Waals surface area contributed by atoms with Crippen molar-refractivity contribution in [3.63, 3.8) is 0 Å². The molecule has 4 rings (SSSR count). The van der Waals surface area contributed by atoms with Crippen LogP contribution >= 0.6 is 15.9 Å². The van der Waals surface area contributed by atoms with Crippen molar-refractivity contribution in [3.05, 3.63) is 86.9 Å². The number of aryl methyl sites for hydroxylation is 2. The van der Waals surface area contributed by atoms with Crippen LogP contribution in [-0.2, 0) is 9.59 Å². The molecule has 192 valence electrons.